The normalized spacial score (nSPS) is 13.1. The summed E-state index contributed by atoms with van der Waals surface area (Å²) in [6.07, 6.45) is -0.743. The van der Waals surface area contributed by atoms with E-state index in [9.17, 15) is 24.0 Å². The number of amides is 4. The van der Waals surface area contributed by atoms with Crippen LogP contribution in [-0.4, -0.2) is 67.7 Å². The Morgan fingerprint density at radius 1 is 0.774 bits per heavy atom. The van der Waals surface area contributed by atoms with Gasteiger partial charge >= 0.3 is 12.1 Å². The quantitative estimate of drug-likeness (QED) is 0.348. The first-order valence-corrected chi connectivity index (χ1v) is 10.1. The van der Waals surface area contributed by atoms with Gasteiger partial charge in [-0.2, -0.15) is 0 Å². The Morgan fingerprint density at radius 2 is 1.29 bits per heavy atom. The first-order valence-electron chi connectivity index (χ1n) is 10.1. The highest BCUT2D eigenvalue weighted by atomic mass is 16.6. The van der Waals surface area contributed by atoms with E-state index in [1.54, 1.807) is 48.5 Å². The molecule has 0 aliphatic rings. The van der Waals surface area contributed by atoms with Gasteiger partial charge in [0.15, 0.2) is 0 Å². The third kappa shape index (κ3) is 11.8. The second-order valence-electron chi connectivity index (χ2n) is 8.67. The van der Waals surface area contributed by atoms with Gasteiger partial charge in [0.25, 0.3) is 0 Å². The smallest absolute Gasteiger partial charge is 0.408 e. The molecular formula is C20H36N4O7. The molecule has 0 unspecified atom stereocenters. The van der Waals surface area contributed by atoms with Crippen molar-refractivity contribution in [1.82, 2.24) is 21.3 Å². The Kier molecular flexibility index (Phi) is 11.6. The maximum atomic E-state index is 12.4. The molecule has 11 nitrogen and oxygen atoms in total. The fourth-order valence-electron chi connectivity index (χ4n) is 2.34. The lowest BCUT2D eigenvalue weighted by atomic mass is 10.0. The van der Waals surface area contributed by atoms with Gasteiger partial charge in [-0.15, -0.1) is 0 Å². The topological polar surface area (TPSA) is 152 Å². The average Bonchev–Trinajstić information content (AvgIpc) is 2.64. The number of methoxy groups -OCH3 is 1. The monoisotopic (exact) mass is 444 g/mol. The third-order valence-electron chi connectivity index (χ3n) is 3.93. The van der Waals surface area contributed by atoms with Crippen LogP contribution in [0.25, 0.3) is 0 Å². The number of hydrogen-bond acceptors (Lipinski definition) is 7. The van der Waals surface area contributed by atoms with E-state index in [0.29, 0.717) is 0 Å². The van der Waals surface area contributed by atoms with Crippen LogP contribution in [0.1, 0.15) is 48.5 Å². The largest absolute Gasteiger partial charge is 0.467 e. The molecule has 0 saturated heterocycles. The van der Waals surface area contributed by atoms with Gasteiger partial charge in [-0.25, -0.2) is 9.59 Å². The lowest BCUT2D eigenvalue weighted by molar-refractivity contribution is -0.146. The van der Waals surface area contributed by atoms with Crippen molar-refractivity contribution in [2.75, 3.05) is 20.2 Å². The van der Waals surface area contributed by atoms with Crippen LogP contribution in [0.3, 0.4) is 0 Å². The molecule has 0 aliphatic carbocycles. The minimum atomic E-state index is -0.905. The molecule has 0 bridgehead atoms. The minimum absolute atomic E-state index is 0.197. The van der Waals surface area contributed by atoms with Gasteiger partial charge in [0, 0.05) is 0 Å². The third-order valence-corrected chi connectivity index (χ3v) is 3.93. The Labute approximate surface area is 183 Å². The Bertz CT molecular complexity index is 656. The molecule has 0 fully saturated rings. The van der Waals surface area contributed by atoms with E-state index in [1.807, 2.05) is 0 Å². The highest BCUT2D eigenvalue weighted by Crippen LogP contribution is 2.09. The van der Waals surface area contributed by atoms with E-state index in [1.165, 1.54) is 7.11 Å². The molecule has 0 aromatic carbocycles. The first-order chi connectivity index (χ1) is 14.2. The van der Waals surface area contributed by atoms with Crippen molar-refractivity contribution >= 4 is 29.8 Å². The molecule has 0 aliphatic heterocycles. The summed E-state index contributed by atoms with van der Waals surface area (Å²) < 4.78 is 9.78. The Morgan fingerprint density at radius 3 is 1.74 bits per heavy atom. The average molecular weight is 445 g/mol. The highest BCUT2D eigenvalue weighted by Gasteiger charge is 2.27. The Hall–Kier alpha value is -2.85. The number of esters is 1. The van der Waals surface area contributed by atoms with E-state index in [-0.39, 0.29) is 18.4 Å². The van der Waals surface area contributed by atoms with E-state index in [2.05, 4.69) is 26.0 Å². The molecule has 11 heteroatoms. The number of nitrogens with one attached hydrogen (secondary N) is 4. The van der Waals surface area contributed by atoms with Gasteiger partial charge in [-0.3, -0.25) is 14.4 Å². The summed E-state index contributed by atoms with van der Waals surface area (Å²) in [5, 5.41) is 9.73. The number of rotatable bonds is 10. The van der Waals surface area contributed by atoms with E-state index < -0.39 is 54.0 Å². The lowest BCUT2D eigenvalue weighted by Gasteiger charge is -2.25. The fraction of sp³-hybridized carbons (Fsp3) is 0.750. The van der Waals surface area contributed by atoms with Gasteiger partial charge in [-0.05, 0) is 32.6 Å². The van der Waals surface area contributed by atoms with Crippen LogP contribution in [0, 0.1) is 11.8 Å². The molecule has 0 rings (SSSR count). The number of ether oxygens (including phenoxy) is 2. The van der Waals surface area contributed by atoms with Crippen molar-refractivity contribution in [3.63, 3.8) is 0 Å². The summed E-state index contributed by atoms with van der Waals surface area (Å²) in [5.74, 6) is -2.78. The van der Waals surface area contributed by atoms with Crippen LogP contribution < -0.4 is 21.3 Å². The summed E-state index contributed by atoms with van der Waals surface area (Å²) >= 11 is 0. The van der Waals surface area contributed by atoms with Crippen LogP contribution in [-0.2, 0) is 28.7 Å². The van der Waals surface area contributed by atoms with Crippen molar-refractivity contribution in [3.05, 3.63) is 0 Å². The molecule has 4 amide bonds. The summed E-state index contributed by atoms with van der Waals surface area (Å²) in [5.41, 5.74) is -0.717. The van der Waals surface area contributed by atoms with Gasteiger partial charge < -0.3 is 30.7 Å². The summed E-state index contributed by atoms with van der Waals surface area (Å²) in [6.45, 7) is 11.3. The summed E-state index contributed by atoms with van der Waals surface area (Å²) in [6, 6.07) is -1.74. The summed E-state index contributed by atoms with van der Waals surface area (Å²) in [7, 11) is 1.22. The predicted octanol–water partition coefficient (Wildman–Crippen LogP) is 0.0819. The fourth-order valence-corrected chi connectivity index (χ4v) is 2.34. The van der Waals surface area contributed by atoms with Crippen LogP contribution in [0.4, 0.5) is 4.79 Å². The zero-order valence-electron chi connectivity index (χ0n) is 19.6. The number of carbonyl (C=O) groups excluding carboxylic acids is 5. The molecular weight excluding hydrogens is 408 g/mol. The van der Waals surface area contributed by atoms with Gasteiger partial charge in [0.2, 0.25) is 17.7 Å². The van der Waals surface area contributed by atoms with Gasteiger partial charge in [0.05, 0.1) is 20.2 Å². The molecule has 178 valence electrons. The molecule has 4 N–H and O–H groups in total. The van der Waals surface area contributed by atoms with Crippen molar-refractivity contribution in [2.45, 2.75) is 66.2 Å². The lowest BCUT2D eigenvalue weighted by Crippen LogP contribution is -2.53. The van der Waals surface area contributed by atoms with Crippen molar-refractivity contribution in [2.24, 2.45) is 11.8 Å². The van der Waals surface area contributed by atoms with Gasteiger partial charge in [0.1, 0.15) is 17.7 Å². The predicted molar refractivity (Wildman–Crippen MR) is 113 cm³/mol. The molecule has 2 atom stereocenters. The van der Waals surface area contributed by atoms with Crippen LogP contribution in [0.15, 0.2) is 0 Å². The Balaban J connectivity index is 4.59. The first kappa shape index (κ1) is 28.1. The van der Waals surface area contributed by atoms with Crippen molar-refractivity contribution < 1.29 is 33.4 Å². The molecule has 0 aromatic rings. The number of carbonyl (C=O) groups is 5. The molecule has 0 spiro atoms. The van der Waals surface area contributed by atoms with Crippen LogP contribution in [0.2, 0.25) is 0 Å². The second-order valence-corrected chi connectivity index (χ2v) is 8.67. The molecule has 31 heavy (non-hydrogen) atoms. The zero-order chi connectivity index (χ0) is 24.4. The van der Waals surface area contributed by atoms with Crippen LogP contribution >= 0.6 is 0 Å². The molecule has 0 radical (unpaired) electrons. The molecule has 0 aromatic heterocycles. The van der Waals surface area contributed by atoms with Crippen LogP contribution in [0.5, 0.6) is 0 Å². The molecule has 0 saturated carbocycles. The summed E-state index contributed by atoms with van der Waals surface area (Å²) in [4.78, 5) is 59.9. The second kappa shape index (κ2) is 12.8. The van der Waals surface area contributed by atoms with E-state index in [0.717, 1.165) is 0 Å². The standard InChI is InChI=1S/C20H36N4O7/c1-11(2)15(24-19(29)31-20(5,6)7)17(27)22-9-13(25)21-10-14(26)23-16(12(3)4)18(28)30-8/h11-12,15-16H,9-10H2,1-8H3,(H,21,25)(H,22,27)(H,23,26)(H,24,29)/t15-,16-/m0/s1. The zero-order valence-corrected chi connectivity index (χ0v) is 19.6. The SMILES string of the molecule is COC(=O)[C@@H](NC(=O)CNC(=O)CNC(=O)[C@@H](NC(=O)OC(C)(C)C)C(C)C)C(C)C. The molecule has 0 heterocycles. The minimum Gasteiger partial charge on any atom is -0.467 e. The number of hydrogen-bond donors (Lipinski definition) is 4. The van der Waals surface area contributed by atoms with Crippen molar-refractivity contribution in [3.8, 4) is 0 Å². The maximum Gasteiger partial charge on any atom is 0.408 e. The number of alkyl carbamates (subject to hydrolysis) is 1. The van der Waals surface area contributed by atoms with Gasteiger partial charge in [-0.1, -0.05) is 27.7 Å². The van der Waals surface area contributed by atoms with Crippen molar-refractivity contribution in [1.29, 1.82) is 0 Å². The maximum absolute atomic E-state index is 12.4. The van der Waals surface area contributed by atoms with E-state index >= 15 is 0 Å². The highest BCUT2D eigenvalue weighted by molar-refractivity contribution is 5.92. The van der Waals surface area contributed by atoms with E-state index in [4.69, 9.17) is 4.74 Å².